The smallest absolute Gasteiger partial charge is 0.251 e. The van der Waals surface area contributed by atoms with Crippen LogP contribution in [0.2, 0.25) is 0 Å². The lowest BCUT2D eigenvalue weighted by molar-refractivity contribution is 0.0952. The molecule has 0 radical (unpaired) electrons. The van der Waals surface area contributed by atoms with Crippen molar-refractivity contribution < 1.29 is 4.79 Å². The van der Waals surface area contributed by atoms with Gasteiger partial charge in [0.25, 0.3) is 5.91 Å². The summed E-state index contributed by atoms with van der Waals surface area (Å²) in [5, 5.41) is 2.96. The minimum absolute atomic E-state index is 0.0160. The molecule has 2 aromatic rings. The van der Waals surface area contributed by atoms with Gasteiger partial charge in [-0.05, 0) is 42.2 Å². The third kappa shape index (κ3) is 4.20. The second kappa shape index (κ2) is 7.25. The molecule has 0 spiro atoms. The predicted molar refractivity (Wildman–Crippen MR) is 85.9 cm³/mol. The fourth-order valence-corrected chi connectivity index (χ4v) is 2.32. The summed E-state index contributed by atoms with van der Waals surface area (Å²) in [5.41, 5.74) is 2.01. The van der Waals surface area contributed by atoms with E-state index in [0.717, 1.165) is 10.9 Å². The lowest BCUT2D eigenvalue weighted by Crippen LogP contribution is -2.25. The van der Waals surface area contributed by atoms with Crippen molar-refractivity contribution in [3.63, 3.8) is 0 Å². The summed E-state index contributed by atoms with van der Waals surface area (Å²) < 4.78 is 0.978. The van der Waals surface area contributed by atoms with E-state index in [4.69, 9.17) is 0 Å². The van der Waals surface area contributed by atoms with Gasteiger partial charge in [-0.25, -0.2) is 0 Å². The normalized spacial score (nSPS) is 11.9. The van der Waals surface area contributed by atoms with E-state index in [9.17, 15) is 4.79 Å². The largest absolute Gasteiger partial charge is 0.352 e. The highest BCUT2D eigenvalue weighted by Crippen LogP contribution is 2.17. The Bertz CT molecular complexity index is 551. The Hall–Kier alpha value is -1.61. The number of carbonyl (C=O) groups is 1. The highest BCUT2D eigenvalue weighted by Gasteiger charge is 2.07. The maximum absolute atomic E-state index is 11.9. The van der Waals surface area contributed by atoms with Crippen LogP contribution in [0.3, 0.4) is 0 Å². The Balaban J connectivity index is 1.81. The topological polar surface area (TPSA) is 29.1 Å². The maximum Gasteiger partial charge on any atom is 0.251 e. The number of rotatable bonds is 5. The van der Waals surface area contributed by atoms with Gasteiger partial charge in [-0.2, -0.15) is 0 Å². The highest BCUT2D eigenvalue weighted by molar-refractivity contribution is 9.10. The first-order valence-electron chi connectivity index (χ1n) is 6.75. The van der Waals surface area contributed by atoms with Crippen molar-refractivity contribution >= 4 is 21.8 Å². The van der Waals surface area contributed by atoms with E-state index in [-0.39, 0.29) is 5.91 Å². The molecular formula is C17H18BrNO. The van der Waals surface area contributed by atoms with Crippen LogP contribution < -0.4 is 5.32 Å². The fourth-order valence-electron chi connectivity index (χ4n) is 2.05. The first-order valence-corrected chi connectivity index (χ1v) is 7.55. The van der Waals surface area contributed by atoms with Gasteiger partial charge < -0.3 is 5.32 Å². The van der Waals surface area contributed by atoms with Gasteiger partial charge in [0, 0.05) is 16.6 Å². The van der Waals surface area contributed by atoms with E-state index >= 15 is 0 Å². The summed E-state index contributed by atoms with van der Waals surface area (Å²) >= 11 is 3.36. The fraction of sp³-hybridized carbons (Fsp3) is 0.235. The van der Waals surface area contributed by atoms with Crippen LogP contribution in [-0.2, 0) is 0 Å². The van der Waals surface area contributed by atoms with Crippen molar-refractivity contribution in [3.8, 4) is 0 Å². The molecule has 0 aliphatic rings. The monoisotopic (exact) mass is 331 g/mol. The third-order valence-corrected chi connectivity index (χ3v) is 3.87. The van der Waals surface area contributed by atoms with Crippen molar-refractivity contribution in [1.29, 1.82) is 0 Å². The standard InChI is InChI=1S/C17H18BrNO/c1-13(14-5-3-2-4-6-14)11-12-19-17(20)15-7-9-16(18)10-8-15/h2-10,13H,11-12H2,1H3,(H,19,20). The zero-order valence-corrected chi connectivity index (χ0v) is 13.1. The van der Waals surface area contributed by atoms with Crippen molar-refractivity contribution in [2.75, 3.05) is 6.54 Å². The maximum atomic E-state index is 11.9. The molecule has 2 rings (SSSR count). The van der Waals surface area contributed by atoms with E-state index in [1.807, 2.05) is 42.5 Å². The van der Waals surface area contributed by atoms with Gasteiger partial charge >= 0.3 is 0 Å². The summed E-state index contributed by atoms with van der Waals surface area (Å²) in [5.74, 6) is 0.430. The molecular weight excluding hydrogens is 314 g/mol. The average Bonchev–Trinajstić information content (AvgIpc) is 2.48. The molecule has 2 aromatic carbocycles. The van der Waals surface area contributed by atoms with Crippen molar-refractivity contribution in [1.82, 2.24) is 5.32 Å². The number of halogens is 1. The van der Waals surface area contributed by atoms with Crippen LogP contribution >= 0.6 is 15.9 Å². The average molecular weight is 332 g/mol. The zero-order chi connectivity index (χ0) is 14.4. The number of carbonyl (C=O) groups excluding carboxylic acids is 1. The Morgan fingerprint density at radius 3 is 2.40 bits per heavy atom. The summed E-state index contributed by atoms with van der Waals surface area (Å²) in [6.45, 7) is 2.87. The molecule has 1 N–H and O–H groups in total. The summed E-state index contributed by atoms with van der Waals surface area (Å²) in [6.07, 6.45) is 0.937. The van der Waals surface area contributed by atoms with Crippen LogP contribution in [0.5, 0.6) is 0 Å². The minimum Gasteiger partial charge on any atom is -0.352 e. The lowest BCUT2D eigenvalue weighted by atomic mass is 9.98. The molecule has 1 atom stereocenters. The first-order chi connectivity index (χ1) is 9.66. The van der Waals surface area contributed by atoms with Crippen molar-refractivity contribution in [2.24, 2.45) is 0 Å². The van der Waals surface area contributed by atoms with E-state index < -0.39 is 0 Å². The van der Waals surface area contributed by atoms with Crippen LogP contribution in [0.1, 0.15) is 35.2 Å². The number of amides is 1. The molecule has 3 heteroatoms. The molecule has 20 heavy (non-hydrogen) atoms. The molecule has 2 nitrogen and oxygen atoms in total. The molecule has 0 saturated carbocycles. The van der Waals surface area contributed by atoms with Gasteiger partial charge in [0.2, 0.25) is 0 Å². The SMILES string of the molecule is CC(CCNC(=O)c1ccc(Br)cc1)c1ccccc1. The molecule has 0 aromatic heterocycles. The number of nitrogens with one attached hydrogen (secondary N) is 1. The highest BCUT2D eigenvalue weighted by atomic mass is 79.9. The van der Waals surface area contributed by atoms with Gasteiger partial charge in [0.15, 0.2) is 0 Å². The van der Waals surface area contributed by atoms with Gasteiger partial charge in [-0.3, -0.25) is 4.79 Å². The molecule has 0 fully saturated rings. The quantitative estimate of drug-likeness (QED) is 0.865. The molecule has 0 aliphatic heterocycles. The van der Waals surface area contributed by atoms with Gasteiger partial charge in [0.05, 0.1) is 0 Å². The van der Waals surface area contributed by atoms with E-state index in [1.165, 1.54) is 5.56 Å². The van der Waals surface area contributed by atoms with Crippen LogP contribution in [0, 0.1) is 0 Å². The van der Waals surface area contributed by atoms with Crippen molar-refractivity contribution in [2.45, 2.75) is 19.3 Å². The number of benzene rings is 2. The molecule has 0 bridgehead atoms. The third-order valence-electron chi connectivity index (χ3n) is 3.34. The number of hydrogen-bond acceptors (Lipinski definition) is 1. The van der Waals surface area contributed by atoms with Gasteiger partial charge in [0.1, 0.15) is 0 Å². The Labute approximate surface area is 128 Å². The summed E-state index contributed by atoms with van der Waals surface area (Å²) in [7, 11) is 0. The second-order valence-corrected chi connectivity index (χ2v) is 5.78. The predicted octanol–water partition coefficient (Wildman–Crippen LogP) is 4.37. The molecule has 1 amide bonds. The van der Waals surface area contributed by atoms with Gasteiger partial charge in [-0.15, -0.1) is 0 Å². The Kier molecular flexibility index (Phi) is 5.36. The lowest BCUT2D eigenvalue weighted by Gasteiger charge is -2.12. The van der Waals surface area contributed by atoms with Crippen LogP contribution in [0.25, 0.3) is 0 Å². The second-order valence-electron chi connectivity index (χ2n) is 4.86. The zero-order valence-electron chi connectivity index (χ0n) is 11.5. The summed E-state index contributed by atoms with van der Waals surface area (Å²) in [4.78, 5) is 11.9. The summed E-state index contributed by atoms with van der Waals surface area (Å²) in [6, 6.07) is 17.8. The Morgan fingerprint density at radius 2 is 1.75 bits per heavy atom. The molecule has 0 aliphatic carbocycles. The Morgan fingerprint density at radius 1 is 1.10 bits per heavy atom. The first kappa shape index (κ1) is 14.8. The van der Waals surface area contributed by atoms with E-state index in [0.29, 0.717) is 18.0 Å². The van der Waals surface area contributed by atoms with Crippen LogP contribution in [-0.4, -0.2) is 12.5 Å². The van der Waals surface area contributed by atoms with E-state index in [2.05, 4.69) is 40.3 Å². The van der Waals surface area contributed by atoms with Crippen LogP contribution in [0.4, 0.5) is 0 Å². The van der Waals surface area contributed by atoms with E-state index in [1.54, 1.807) is 0 Å². The molecule has 104 valence electrons. The van der Waals surface area contributed by atoms with Gasteiger partial charge in [-0.1, -0.05) is 53.2 Å². The number of hydrogen-bond donors (Lipinski definition) is 1. The minimum atomic E-state index is -0.0160. The molecule has 0 saturated heterocycles. The van der Waals surface area contributed by atoms with Crippen molar-refractivity contribution in [3.05, 3.63) is 70.2 Å². The molecule has 1 unspecified atom stereocenters. The molecule has 0 heterocycles. The van der Waals surface area contributed by atoms with Crippen LogP contribution in [0.15, 0.2) is 59.1 Å².